The number of rotatable bonds is 6. The van der Waals surface area contributed by atoms with Crippen molar-refractivity contribution in [3.63, 3.8) is 0 Å². The third-order valence-corrected chi connectivity index (χ3v) is 3.44. The molecule has 0 aliphatic heterocycles. The standard InChI is InChI=1S/C17H19F3N2O3/c1-11(2)9-24-16(23)14-8-21-10-22(14)12(3)13-6-4-5-7-15(13)25-17(18,19)20/h4-8,10-12H,9H2,1-3H3. The van der Waals surface area contributed by atoms with Crippen molar-refractivity contribution in [1.82, 2.24) is 9.55 Å². The van der Waals surface area contributed by atoms with Gasteiger partial charge in [0.2, 0.25) is 0 Å². The molecule has 0 fully saturated rings. The second-order valence-electron chi connectivity index (χ2n) is 5.94. The highest BCUT2D eigenvalue weighted by atomic mass is 19.4. The Kier molecular flexibility index (Phi) is 5.71. The van der Waals surface area contributed by atoms with Crippen molar-refractivity contribution in [2.45, 2.75) is 33.2 Å². The number of carbonyl (C=O) groups excluding carboxylic acids is 1. The Morgan fingerprint density at radius 2 is 1.92 bits per heavy atom. The molecule has 1 aromatic heterocycles. The summed E-state index contributed by atoms with van der Waals surface area (Å²) in [7, 11) is 0. The molecule has 0 aliphatic carbocycles. The Balaban J connectivity index is 2.29. The summed E-state index contributed by atoms with van der Waals surface area (Å²) in [4.78, 5) is 16.1. The van der Waals surface area contributed by atoms with Crippen molar-refractivity contribution >= 4 is 5.97 Å². The van der Waals surface area contributed by atoms with Crippen LogP contribution in [0.15, 0.2) is 36.8 Å². The van der Waals surface area contributed by atoms with Crippen LogP contribution in [0.1, 0.15) is 42.9 Å². The van der Waals surface area contributed by atoms with E-state index in [4.69, 9.17) is 4.74 Å². The zero-order chi connectivity index (χ0) is 18.6. The number of halogens is 3. The van der Waals surface area contributed by atoms with E-state index in [1.54, 1.807) is 13.0 Å². The van der Waals surface area contributed by atoms with Crippen molar-refractivity contribution in [3.05, 3.63) is 48.0 Å². The number of para-hydroxylation sites is 1. The quantitative estimate of drug-likeness (QED) is 0.728. The Bertz CT molecular complexity index is 726. The van der Waals surface area contributed by atoms with Crippen molar-refractivity contribution in [2.24, 2.45) is 5.92 Å². The zero-order valence-electron chi connectivity index (χ0n) is 14.1. The second-order valence-corrected chi connectivity index (χ2v) is 5.94. The molecule has 0 radical (unpaired) electrons. The van der Waals surface area contributed by atoms with Gasteiger partial charge in [-0.2, -0.15) is 0 Å². The van der Waals surface area contributed by atoms with Gasteiger partial charge in [-0.25, -0.2) is 9.78 Å². The Morgan fingerprint density at radius 3 is 2.56 bits per heavy atom. The lowest BCUT2D eigenvalue weighted by atomic mass is 10.1. The van der Waals surface area contributed by atoms with E-state index in [0.717, 1.165) is 0 Å². The molecular weight excluding hydrogens is 337 g/mol. The van der Waals surface area contributed by atoms with Gasteiger partial charge in [0.25, 0.3) is 0 Å². The first-order valence-corrected chi connectivity index (χ1v) is 7.72. The van der Waals surface area contributed by atoms with E-state index in [-0.39, 0.29) is 29.5 Å². The maximum Gasteiger partial charge on any atom is 0.573 e. The first kappa shape index (κ1) is 18.8. The van der Waals surface area contributed by atoms with Gasteiger partial charge in [0.1, 0.15) is 11.4 Å². The molecule has 136 valence electrons. The first-order valence-electron chi connectivity index (χ1n) is 7.72. The van der Waals surface area contributed by atoms with Gasteiger partial charge in [0.05, 0.1) is 25.2 Å². The molecule has 1 unspecified atom stereocenters. The predicted molar refractivity (Wildman–Crippen MR) is 84.3 cm³/mol. The van der Waals surface area contributed by atoms with Crippen LogP contribution in [0, 0.1) is 5.92 Å². The van der Waals surface area contributed by atoms with Crippen LogP contribution < -0.4 is 4.74 Å². The maximum absolute atomic E-state index is 12.6. The number of hydrogen-bond donors (Lipinski definition) is 0. The minimum Gasteiger partial charge on any atom is -0.461 e. The summed E-state index contributed by atoms with van der Waals surface area (Å²) in [6.45, 7) is 5.70. The number of benzene rings is 1. The van der Waals surface area contributed by atoms with Crippen molar-refractivity contribution in [3.8, 4) is 5.75 Å². The van der Waals surface area contributed by atoms with E-state index in [1.807, 2.05) is 13.8 Å². The van der Waals surface area contributed by atoms with Crippen LogP contribution >= 0.6 is 0 Å². The molecule has 2 aromatic rings. The van der Waals surface area contributed by atoms with Crippen molar-refractivity contribution in [2.75, 3.05) is 6.61 Å². The molecule has 1 atom stereocenters. The molecule has 0 spiro atoms. The van der Waals surface area contributed by atoms with Gasteiger partial charge >= 0.3 is 12.3 Å². The number of hydrogen-bond acceptors (Lipinski definition) is 4. The number of carbonyl (C=O) groups is 1. The molecule has 1 heterocycles. The molecule has 25 heavy (non-hydrogen) atoms. The minimum absolute atomic E-state index is 0.162. The number of esters is 1. The monoisotopic (exact) mass is 356 g/mol. The first-order chi connectivity index (χ1) is 11.7. The van der Waals surface area contributed by atoms with Crippen LogP contribution in [0.5, 0.6) is 5.75 Å². The summed E-state index contributed by atoms with van der Waals surface area (Å²) in [6, 6.07) is 5.18. The van der Waals surface area contributed by atoms with Crippen molar-refractivity contribution < 1.29 is 27.4 Å². The van der Waals surface area contributed by atoms with Crippen LogP contribution in [0.4, 0.5) is 13.2 Å². The number of aromatic nitrogens is 2. The largest absolute Gasteiger partial charge is 0.573 e. The van der Waals surface area contributed by atoms with Gasteiger partial charge in [0, 0.05) is 5.56 Å². The van der Waals surface area contributed by atoms with Gasteiger partial charge in [-0.15, -0.1) is 13.2 Å². The molecule has 8 heteroatoms. The highest BCUT2D eigenvalue weighted by Gasteiger charge is 2.33. The predicted octanol–water partition coefficient (Wildman–Crippen LogP) is 4.20. The number of nitrogens with zero attached hydrogens (tertiary/aromatic N) is 2. The molecule has 0 saturated heterocycles. The van der Waals surface area contributed by atoms with Crippen LogP contribution in [0.3, 0.4) is 0 Å². The van der Waals surface area contributed by atoms with Gasteiger partial charge in [-0.1, -0.05) is 32.0 Å². The van der Waals surface area contributed by atoms with Crippen LogP contribution in [-0.2, 0) is 4.74 Å². The molecule has 2 rings (SSSR count). The lowest BCUT2D eigenvalue weighted by Crippen LogP contribution is -2.21. The average molecular weight is 356 g/mol. The molecule has 0 saturated carbocycles. The lowest BCUT2D eigenvalue weighted by molar-refractivity contribution is -0.275. The summed E-state index contributed by atoms with van der Waals surface area (Å²) in [6.07, 6.45) is -2.10. The van der Waals surface area contributed by atoms with Crippen LogP contribution in [-0.4, -0.2) is 28.5 Å². The van der Waals surface area contributed by atoms with Gasteiger partial charge < -0.3 is 14.0 Å². The summed E-state index contributed by atoms with van der Waals surface area (Å²) in [5.74, 6) is -0.733. The topological polar surface area (TPSA) is 53.3 Å². The SMILES string of the molecule is CC(C)COC(=O)c1cncn1C(C)c1ccccc1OC(F)(F)F. The number of imidazole rings is 1. The van der Waals surface area contributed by atoms with Crippen LogP contribution in [0.25, 0.3) is 0 Å². The van der Waals surface area contributed by atoms with Gasteiger partial charge in [-0.3, -0.25) is 0 Å². The molecule has 0 bridgehead atoms. The average Bonchev–Trinajstić information content (AvgIpc) is 3.00. The summed E-state index contributed by atoms with van der Waals surface area (Å²) in [5.41, 5.74) is 0.436. The zero-order valence-corrected chi connectivity index (χ0v) is 14.1. The molecule has 0 N–H and O–H groups in total. The number of ether oxygens (including phenoxy) is 2. The molecule has 0 aliphatic rings. The van der Waals surface area contributed by atoms with E-state index in [0.29, 0.717) is 0 Å². The third-order valence-electron chi connectivity index (χ3n) is 3.44. The Labute approximate surface area is 143 Å². The summed E-state index contributed by atoms with van der Waals surface area (Å²) >= 11 is 0. The second kappa shape index (κ2) is 7.58. The van der Waals surface area contributed by atoms with Crippen LogP contribution in [0.2, 0.25) is 0 Å². The molecule has 0 amide bonds. The molecule has 5 nitrogen and oxygen atoms in total. The van der Waals surface area contributed by atoms with E-state index in [2.05, 4.69) is 9.72 Å². The van der Waals surface area contributed by atoms with E-state index >= 15 is 0 Å². The van der Waals surface area contributed by atoms with Gasteiger partial charge in [0.15, 0.2) is 0 Å². The van der Waals surface area contributed by atoms with Crippen molar-refractivity contribution in [1.29, 1.82) is 0 Å². The normalized spacial score (nSPS) is 12.9. The maximum atomic E-state index is 12.6. The highest BCUT2D eigenvalue weighted by molar-refractivity contribution is 5.87. The van der Waals surface area contributed by atoms with Gasteiger partial charge in [-0.05, 0) is 18.9 Å². The molecular formula is C17H19F3N2O3. The Morgan fingerprint density at radius 1 is 1.24 bits per heavy atom. The lowest BCUT2D eigenvalue weighted by Gasteiger charge is -2.20. The minimum atomic E-state index is -4.80. The van der Waals surface area contributed by atoms with E-state index < -0.39 is 18.4 Å². The fraction of sp³-hybridized carbons (Fsp3) is 0.412. The highest BCUT2D eigenvalue weighted by Crippen LogP contribution is 2.32. The summed E-state index contributed by atoms with van der Waals surface area (Å²) in [5, 5.41) is 0. The smallest absolute Gasteiger partial charge is 0.461 e. The number of alkyl halides is 3. The molecule has 1 aromatic carbocycles. The summed E-state index contributed by atoms with van der Waals surface area (Å²) < 4.78 is 48.5. The third kappa shape index (κ3) is 4.98. The van der Waals surface area contributed by atoms with E-state index in [1.165, 1.54) is 35.3 Å². The fourth-order valence-corrected chi connectivity index (χ4v) is 2.28. The van der Waals surface area contributed by atoms with E-state index in [9.17, 15) is 18.0 Å². The Hall–Kier alpha value is -2.51. The fourth-order valence-electron chi connectivity index (χ4n) is 2.28.